The summed E-state index contributed by atoms with van der Waals surface area (Å²) in [5.74, 6) is 0.177. The lowest BCUT2D eigenvalue weighted by molar-refractivity contribution is -0.127. The van der Waals surface area contributed by atoms with Gasteiger partial charge in [-0.3, -0.25) is 4.79 Å². The zero-order chi connectivity index (χ0) is 13.0. The van der Waals surface area contributed by atoms with E-state index in [0.717, 1.165) is 37.7 Å². The second kappa shape index (κ2) is 6.15. The fourth-order valence-electron chi connectivity index (χ4n) is 1.92. The molecule has 0 aliphatic carbocycles. The van der Waals surface area contributed by atoms with E-state index in [2.05, 4.69) is 22.1 Å². The van der Waals surface area contributed by atoms with E-state index in [4.69, 9.17) is 0 Å². The number of amides is 1. The molecule has 6 heteroatoms. The third kappa shape index (κ3) is 3.20. The number of nitrogens with zero attached hydrogens (tertiary/aromatic N) is 3. The number of anilines is 1. The Labute approximate surface area is 112 Å². The molecule has 18 heavy (non-hydrogen) atoms. The van der Waals surface area contributed by atoms with Crippen LogP contribution in [0.15, 0.2) is 6.20 Å². The van der Waals surface area contributed by atoms with Gasteiger partial charge in [-0.2, -0.15) is 0 Å². The summed E-state index contributed by atoms with van der Waals surface area (Å²) >= 11 is 1.67. The number of carbonyl (C=O) groups is 1. The minimum Gasteiger partial charge on any atom is -0.344 e. The first-order chi connectivity index (χ1) is 8.70. The van der Waals surface area contributed by atoms with Gasteiger partial charge in [-0.25, -0.2) is 4.98 Å². The molecule has 1 N–H and O–H groups in total. The van der Waals surface area contributed by atoms with Crippen LogP contribution < -0.4 is 10.2 Å². The molecular weight excluding hydrogens is 248 g/mol. The van der Waals surface area contributed by atoms with Gasteiger partial charge in [0.15, 0.2) is 5.13 Å². The van der Waals surface area contributed by atoms with Crippen molar-refractivity contribution in [2.45, 2.75) is 19.9 Å². The second-order valence-electron chi connectivity index (χ2n) is 4.48. The maximum Gasteiger partial charge on any atom is 0.241 e. The molecule has 1 saturated heterocycles. The smallest absolute Gasteiger partial charge is 0.241 e. The Morgan fingerprint density at radius 3 is 3.11 bits per heavy atom. The summed E-state index contributed by atoms with van der Waals surface area (Å²) < 4.78 is 0. The molecule has 0 bridgehead atoms. The molecule has 0 atom stereocenters. The highest BCUT2D eigenvalue weighted by molar-refractivity contribution is 7.15. The molecule has 1 aliphatic rings. The average Bonchev–Trinajstić information content (AvgIpc) is 2.76. The van der Waals surface area contributed by atoms with Gasteiger partial charge < -0.3 is 15.1 Å². The SMILES string of the molecule is CCNCc1cnc(N2CCCN(C)C(=O)C2)s1. The summed E-state index contributed by atoms with van der Waals surface area (Å²) in [6.45, 7) is 6.10. The fourth-order valence-corrected chi connectivity index (χ4v) is 2.83. The number of carbonyl (C=O) groups excluding carboxylic acids is 1. The van der Waals surface area contributed by atoms with E-state index >= 15 is 0 Å². The number of hydrogen-bond donors (Lipinski definition) is 1. The Morgan fingerprint density at radius 2 is 2.33 bits per heavy atom. The highest BCUT2D eigenvalue weighted by Crippen LogP contribution is 2.23. The quantitative estimate of drug-likeness (QED) is 0.882. The van der Waals surface area contributed by atoms with Crippen molar-refractivity contribution in [3.8, 4) is 0 Å². The predicted molar refractivity (Wildman–Crippen MR) is 74.0 cm³/mol. The van der Waals surface area contributed by atoms with Gasteiger partial charge in [0.1, 0.15) is 0 Å². The van der Waals surface area contributed by atoms with Crippen molar-refractivity contribution in [1.82, 2.24) is 15.2 Å². The lowest BCUT2D eigenvalue weighted by Crippen LogP contribution is -2.34. The zero-order valence-corrected chi connectivity index (χ0v) is 11.8. The number of aromatic nitrogens is 1. The van der Waals surface area contributed by atoms with Gasteiger partial charge in [0, 0.05) is 37.8 Å². The van der Waals surface area contributed by atoms with Gasteiger partial charge in [-0.1, -0.05) is 6.92 Å². The summed E-state index contributed by atoms with van der Waals surface area (Å²) in [4.78, 5) is 21.4. The summed E-state index contributed by atoms with van der Waals surface area (Å²) in [5, 5.41) is 4.25. The Balaban J connectivity index is 2.01. The molecule has 1 fully saturated rings. The van der Waals surface area contributed by atoms with E-state index in [-0.39, 0.29) is 5.91 Å². The first-order valence-corrected chi connectivity index (χ1v) is 7.16. The number of nitrogens with one attached hydrogen (secondary N) is 1. The van der Waals surface area contributed by atoms with E-state index in [1.54, 1.807) is 16.2 Å². The molecular formula is C12H20N4OS. The minimum absolute atomic E-state index is 0.177. The van der Waals surface area contributed by atoms with Crippen molar-refractivity contribution in [3.63, 3.8) is 0 Å². The lowest BCUT2D eigenvalue weighted by atomic mass is 10.4. The molecule has 100 valence electrons. The standard InChI is InChI=1S/C12H20N4OS/c1-3-13-7-10-8-14-12(18-10)16-6-4-5-15(2)11(17)9-16/h8,13H,3-7,9H2,1-2H3. The lowest BCUT2D eigenvalue weighted by Gasteiger charge is -2.18. The Bertz CT molecular complexity index is 407. The van der Waals surface area contributed by atoms with Gasteiger partial charge in [-0.15, -0.1) is 11.3 Å². The first kappa shape index (κ1) is 13.3. The van der Waals surface area contributed by atoms with Crippen molar-refractivity contribution in [3.05, 3.63) is 11.1 Å². The largest absolute Gasteiger partial charge is 0.344 e. The van der Waals surface area contributed by atoms with Crippen LogP contribution in [0.2, 0.25) is 0 Å². The van der Waals surface area contributed by atoms with Gasteiger partial charge in [0.2, 0.25) is 5.91 Å². The molecule has 0 spiro atoms. The topological polar surface area (TPSA) is 48.5 Å². The summed E-state index contributed by atoms with van der Waals surface area (Å²) in [5.41, 5.74) is 0. The molecule has 0 radical (unpaired) electrons. The minimum atomic E-state index is 0.177. The third-order valence-corrected chi connectivity index (χ3v) is 4.09. The number of rotatable bonds is 4. The highest BCUT2D eigenvalue weighted by atomic mass is 32.1. The average molecular weight is 268 g/mol. The van der Waals surface area contributed by atoms with E-state index in [9.17, 15) is 4.79 Å². The van der Waals surface area contributed by atoms with Crippen molar-refractivity contribution in [2.24, 2.45) is 0 Å². The van der Waals surface area contributed by atoms with Crippen molar-refractivity contribution >= 4 is 22.4 Å². The van der Waals surface area contributed by atoms with E-state index in [1.807, 2.05) is 13.2 Å². The third-order valence-electron chi connectivity index (χ3n) is 3.03. The van der Waals surface area contributed by atoms with Crippen LogP contribution in [0.5, 0.6) is 0 Å². The molecule has 0 saturated carbocycles. The monoisotopic (exact) mass is 268 g/mol. The van der Waals surface area contributed by atoms with Crippen LogP contribution in [0.1, 0.15) is 18.2 Å². The summed E-state index contributed by atoms with van der Waals surface area (Å²) in [6, 6.07) is 0. The number of thiazole rings is 1. The molecule has 5 nitrogen and oxygen atoms in total. The van der Waals surface area contributed by atoms with Gasteiger partial charge >= 0.3 is 0 Å². The van der Waals surface area contributed by atoms with Crippen LogP contribution in [0.3, 0.4) is 0 Å². The summed E-state index contributed by atoms with van der Waals surface area (Å²) in [6.07, 6.45) is 2.91. The Kier molecular flexibility index (Phi) is 4.54. The van der Waals surface area contributed by atoms with Gasteiger partial charge in [0.05, 0.1) is 6.54 Å². The van der Waals surface area contributed by atoms with Gasteiger partial charge in [-0.05, 0) is 13.0 Å². The molecule has 0 aromatic carbocycles. The maximum absolute atomic E-state index is 11.8. The molecule has 2 heterocycles. The number of likely N-dealkylation sites (N-methyl/N-ethyl adjacent to an activating group) is 1. The molecule has 1 amide bonds. The molecule has 1 aromatic rings. The highest BCUT2D eigenvalue weighted by Gasteiger charge is 2.20. The van der Waals surface area contributed by atoms with Crippen molar-refractivity contribution < 1.29 is 4.79 Å². The van der Waals surface area contributed by atoms with Crippen LogP contribution in [-0.4, -0.2) is 49.0 Å². The Hall–Kier alpha value is -1.14. The normalized spacial score (nSPS) is 17.1. The van der Waals surface area contributed by atoms with Crippen LogP contribution in [0.4, 0.5) is 5.13 Å². The van der Waals surface area contributed by atoms with E-state index in [1.165, 1.54) is 4.88 Å². The van der Waals surface area contributed by atoms with Crippen LogP contribution in [-0.2, 0) is 11.3 Å². The molecule has 1 aromatic heterocycles. The summed E-state index contributed by atoms with van der Waals surface area (Å²) in [7, 11) is 1.87. The van der Waals surface area contributed by atoms with Crippen LogP contribution in [0.25, 0.3) is 0 Å². The van der Waals surface area contributed by atoms with Crippen molar-refractivity contribution in [2.75, 3.05) is 38.1 Å². The Morgan fingerprint density at radius 1 is 1.50 bits per heavy atom. The first-order valence-electron chi connectivity index (χ1n) is 6.35. The number of hydrogen-bond acceptors (Lipinski definition) is 5. The fraction of sp³-hybridized carbons (Fsp3) is 0.667. The second-order valence-corrected chi connectivity index (χ2v) is 5.57. The van der Waals surface area contributed by atoms with Crippen molar-refractivity contribution in [1.29, 1.82) is 0 Å². The predicted octanol–water partition coefficient (Wildman–Crippen LogP) is 0.921. The molecule has 0 unspecified atom stereocenters. The van der Waals surface area contributed by atoms with Gasteiger partial charge in [0.25, 0.3) is 0 Å². The van der Waals surface area contributed by atoms with E-state index in [0.29, 0.717) is 6.54 Å². The maximum atomic E-state index is 11.8. The molecule has 2 rings (SSSR count). The van der Waals surface area contributed by atoms with Crippen LogP contribution >= 0.6 is 11.3 Å². The van der Waals surface area contributed by atoms with E-state index < -0.39 is 0 Å². The zero-order valence-electron chi connectivity index (χ0n) is 11.0. The van der Waals surface area contributed by atoms with Crippen LogP contribution in [0, 0.1) is 0 Å². The molecule has 1 aliphatic heterocycles.